The maximum absolute atomic E-state index is 11.7. The van der Waals surface area contributed by atoms with Crippen LogP contribution in [0, 0.1) is 16.7 Å². The van der Waals surface area contributed by atoms with Crippen LogP contribution in [0.3, 0.4) is 0 Å². The number of unbranched alkanes of at least 4 members (excludes halogenated alkanes) is 1. The number of hydrogen-bond donors (Lipinski definition) is 1. The highest BCUT2D eigenvalue weighted by molar-refractivity contribution is 5.78. The molecule has 17 heavy (non-hydrogen) atoms. The molecule has 0 aromatic rings. The third-order valence-corrected chi connectivity index (χ3v) is 3.19. The van der Waals surface area contributed by atoms with Gasteiger partial charge in [0.15, 0.2) is 0 Å². The number of rotatable bonds is 5. The number of amides is 1. The van der Waals surface area contributed by atoms with E-state index in [0.29, 0.717) is 6.54 Å². The van der Waals surface area contributed by atoms with Crippen LogP contribution in [0.4, 0.5) is 0 Å². The molecule has 1 amide bonds. The molecule has 1 heterocycles. The van der Waals surface area contributed by atoms with Gasteiger partial charge >= 0.3 is 0 Å². The average molecular weight is 237 g/mol. The van der Waals surface area contributed by atoms with E-state index >= 15 is 0 Å². The van der Waals surface area contributed by atoms with E-state index in [-0.39, 0.29) is 11.3 Å². The van der Waals surface area contributed by atoms with Gasteiger partial charge < -0.3 is 10.2 Å². The molecule has 4 nitrogen and oxygen atoms in total. The van der Waals surface area contributed by atoms with Crippen LogP contribution in [0.1, 0.15) is 39.5 Å². The van der Waals surface area contributed by atoms with Gasteiger partial charge in [-0.05, 0) is 39.7 Å². The first-order chi connectivity index (χ1) is 8.05. The van der Waals surface area contributed by atoms with Gasteiger partial charge in [0.05, 0.1) is 18.0 Å². The lowest BCUT2D eigenvalue weighted by Crippen LogP contribution is -2.35. The number of nitrogens with one attached hydrogen (secondary N) is 1. The molecule has 1 fully saturated rings. The Balaban J connectivity index is 2.21. The summed E-state index contributed by atoms with van der Waals surface area (Å²) in [5.41, 5.74) is -0.232. The van der Waals surface area contributed by atoms with Crippen LogP contribution in [0.5, 0.6) is 0 Å². The van der Waals surface area contributed by atoms with Crippen molar-refractivity contribution in [2.24, 2.45) is 5.41 Å². The van der Waals surface area contributed by atoms with E-state index in [4.69, 9.17) is 5.26 Å². The van der Waals surface area contributed by atoms with E-state index in [1.807, 2.05) is 18.7 Å². The second-order valence-electron chi connectivity index (χ2n) is 5.36. The maximum Gasteiger partial charge on any atom is 0.236 e. The van der Waals surface area contributed by atoms with Crippen molar-refractivity contribution in [3.63, 3.8) is 0 Å². The average Bonchev–Trinajstić information content (AvgIpc) is 2.50. The van der Waals surface area contributed by atoms with Crippen LogP contribution < -0.4 is 5.32 Å². The minimum absolute atomic E-state index is 0.210. The molecule has 4 heteroatoms. The molecule has 1 aliphatic heterocycles. The Morgan fingerprint density at radius 3 is 2.94 bits per heavy atom. The van der Waals surface area contributed by atoms with Crippen molar-refractivity contribution in [3.05, 3.63) is 0 Å². The Morgan fingerprint density at radius 1 is 1.47 bits per heavy atom. The summed E-state index contributed by atoms with van der Waals surface area (Å²) < 4.78 is 0. The van der Waals surface area contributed by atoms with Crippen molar-refractivity contribution >= 4 is 5.91 Å². The van der Waals surface area contributed by atoms with Crippen LogP contribution in [0.2, 0.25) is 0 Å². The third kappa shape index (κ3) is 5.18. The Hall–Kier alpha value is -1.08. The van der Waals surface area contributed by atoms with Crippen LogP contribution in [-0.4, -0.2) is 37.0 Å². The minimum Gasteiger partial charge on any atom is -0.342 e. The molecule has 0 spiro atoms. The van der Waals surface area contributed by atoms with E-state index in [0.717, 1.165) is 45.3 Å². The minimum atomic E-state index is -0.232. The molecule has 0 saturated carbocycles. The SMILES string of the molecule is CC(C)(C#N)CCCCN1CCCNCC1=O. The second-order valence-corrected chi connectivity index (χ2v) is 5.36. The molecule has 0 atom stereocenters. The van der Waals surface area contributed by atoms with Crippen LogP contribution >= 0.6 is 0 Å². The summed E-state index contributed by atoms with van der Waals surface area (Å²) in [4.78, 5) is 13.6. The van der Waals surface area contributed by atoms with E-state index in [1.54, 1.807) is 0 Å². The van der Waals surface area contributed by atoms with Crippen LogP contribution in [0.25, 0.3) is 0 Å². The van der Waals surface area contributed by atoms with Gasteiger partial charge in [-0.2, -0.15) is 5.26 Å². The standard InChI is InChI=1S/C13H23N3O/c1-13(2,11-14)6-3-4-8-16-9-5-7-15-10-12(16)17/h15H,3-10H2,1-2H3. The van der Waals surface area contributed by atoms with Crippen molar-refractivity contribution in [3.8, 4) is 6.07 Å². The van der Waals surface area contributed by atoms with Gasteiger partial charge in [0.25, 0.3) is 0 Å². The van der Waals surface area contributed by atoms with E-state index in [1.165, 1.54) is 0 Å². The third-order valence-electron chi connectivity index (χ3n) is 3.19. The number of carbonyl (C=O) groups is 1. The molecular formula is C13H23N3O. The Kier molecular flexibility index (Phi) is 5.43. The summed E-state index contributed by atoms with van der Waals surface area (Å²) in [5, 5.41) is 12.0. The molecule has 1 saturated heterocycles. The Bertz CT molecular complexity index is 294. The highest BCUT2D eigenvalue weighted by Crippen LogP contribution is 2.21. The largest absolute Gasteiger partial charge is 0.342 e. The fourth-order valence-electron chi connectivity index (χ4n) is 1.99. The molecule has 0 bridgehead atoms. The summed E-state index contributed by atoms with van der Waals surface area (Å²) in [6.07, 6.45) is 3.95. The molecule has 0 aromatic heterocycles. The van der Waals surface area contributed by atoms with Crippen molar-refractivity contribution in [1.82, 2.24) is 10.2 Å². The highest BCUT2D eigenvalue weighted by atomic mass is 16.2. The Morgan fingerprint density at radius 2 is 2.24 bits per heavy atom. The quantitative estimate of drug-likeness (QED) is 0.738. The summed E-state index contributed by atoms with van der Waals surface area (Å²) in [5.74, 6) is 0.210. The highest BCUT2D eigenvalue weighted by Gasteiger charge is 2.18. The van der Waals surface area contributed by atoms with Gasteiger partial charge in [0, 0.05) is 13.1 Å². The number of nitriles is 1. The molecule has 1 aliphatic rings. The van der Waals surface area contributed by atoms with Crippen LogP contribution in [0.15, 0.2) is 0 Å². The predicted molar refractivity (Wildman–Crippen MR) is 67.3 cm³/mol. The molecule has 0 aliphatic carbocycles. The predicted octanol–water partition coefficient (Wildman–Crippen LogP) is 1.53. The zero-order valence-corrected chi connectivity index (χ0v) is 11.0. The van der Waals surface area contributed by atoms with E-state index < -0.39 is 0 Å². The molecule has 1 rings (SSSR count). The van der Waals surface area contributed by atoms with Gasteiger partial charge in [-0.1, -0.05) is 6.42 Å². The van der Waals surface area contributed by atoms with Gasteiger partial charge in [-0.3, -0.25) is 4.79 Å². The zero-order valence-electron chi connectivity index (χ0n) is 11.0. The summed E-state index contributed by atoms with van der Waals surface area (Å²) >= 11 is 0. The normalized spacial score (nSPS) is 17.7. The first-order valence-electron chi connectivity index (χ1n) is 6.45. The van der Waals surface area contributed by atoms with Gasteiger partial charge in [0.2, 0.25) is 5.91 Å². The molecule has 0 aromatic carbocycles. The summed E-state index contributed by atoms with van der Waals surface area (Å²) in [7, 11) is 0. The molecule has 1 N–H and O–H groups in total. The topological polar surface area (TPSA) is 56.1 Å². The first-order valence-corrected chi connectivity index (χ1v) is 6.45. The van der Waals surface area contributed by atoms with E-state index in [2.05, 4.69) is 11.4 Å². The van der Waals surface area contributed by atoms with Crippen molar-refractivity contribution in [2.75, 3.05) is 26.2 Å². The second kappa shape index (κ2) is 6.61. The number of carbonyl (C=O) groups excluding carboxylic acids is 1. The fourth-order valence-corrected chi connectivity index (χ4v) is 1.99. The summed E-state index contributed by atoms with van der Waals surface area (Å²) in [6.45, 7) is 7.05. The molecular weight excluding hydrogens is 214 g/mol. The monoisotopic (exact) mass is 237 g/mol. The summed E-state index contributed by atoms with van der Waals surface area (Å²) in [6, 6.07) is 2.31. The van der Waals surface area contributed by atoms with Crippen molar-refractivity contribution in [1.29, 1.82) is 5.26 Å². The van der Waals surface area contributed by atoms with Gasteiger partial charge in [-0.15, -0.1) is 0 Å². The van der Waals surface area contributed by atoms with Gasteiger partial charge in [0.1, 0.15) is 0 Å². The van der Waals surface area contributed by atoms with Crippen LogP contribution in [-0.2, 0) is 4.79 Å². The zero-order chi connectivity index (χ0) is 12.7. The molecule has 96 valence electrons. The lowest BCUT2D eigenvalue weighted by atomic mass is 9.89. The Labute approximate surface area is 104 Å². The van der Waals surface area contributed by atoms with Crippen molar-refractivity contribution in [2.45, 2.75) is 39.5 Å². The van der Waals surface area contributed by atoms with Gasteiger partial charge in [-0.25, -0.2) is 0 Å². The molecule has 0 unspecified atom stereocenters. The smallest absolute Gasteiger partial charge is 0.236 e. The number of hydrogen-bond acceptors (Lipinski definition) is 3. The first kappa shape index (κ1) is 14.0. The maximum atomic E-state index is 11.7. The van der Waals surface area contributed by atoms with Crippen molar-refractivity contribution < 1.29 is 4.79 Å². The lowest BCUT2D eigenvalue weighted by Gasteiger charge is -2.21. The number of nitrogens with zero attached hydrogens (tertiary/aromatic N) is 2. The molecule has 0 radical (unpaired) electrons. The fraction of sp³-hybridized carbons (Fsp3) is 0.846. The van der Waals surface area contributed by atoms with E-state index in [9.17, 15) is 4.79 Å². The lowest BCUT2D eigenvalue weighted by molar-refractivity contribution is -0.129.